The summed E-state index contributed by atoms with van der Waals surface area (Å²) >= 11 is 0. The third kappa shape index (κ3) is 9.77. The highest BCUT2D eigenvalue weighted by Crippen LogP contribution is 2.07. The van der Waals surface area contributed by atoms with Crippen LogP contribution in [0, 0.1) is 29.9 Å². The van der Waals surface area contributed by atoms with Gasteiger partial charge in [0.05, 0.1) is 4.90 Å². The lowest BCUT2D eigenvalue weighted by Crippen LogP contribution is -1.86. The van der Waals surface area contributed by atoms with Gasteiger partial charge in [0.15, 0.2) is 0 Å². The highest BCUT2D eigenvalue weighted by atomic mass is 32.2. The van der Waals surface area contributed by atoms with Gasteiger partial charge in [-0.15, -0.1) is 18.4 Å². The predicted molar refractivity (Wildman–Crippen MR) is 100 cm³/mol. The Bertz CT molecular complexity index is 605. The molecule has 1 atom stereocenters. The minimum Gasteiger partial charge on any atom is -0.240 e. The summed E-state index contributed by atoms with van der Waals surface area (Å²) in [6.07, 6.45) is 10.2. The van der Waals surface area contributed by atoms with E-state index in [9.17, 15) is 4.21 Å². The van der Waals surface area contributed by atoms with E-state index in [4.69, 9.17) is 0 Å². The predicted octanol–water partition coefficient (Wildman–Crippen LogP) is 5.37. The first kappa shape index (κ1) is 19.3. The zero-order chi connectivity index (χ0) is 16.8. The summed E-state index contributed by atoms with van der Waals surface area (Å²) < 4.78 is 11.9. The number of rotatable bonds is 8. The Labute approximate surface area is 144 Å². The van der Waals surface area contributed by atoms with E-state index in [-0.39, 0.29) is 0 Å². The van der Waals surface area contributed by atoms with Gasteiger partial charge in [0, 0.05) is 24.5 Å². The molecule has 0 aliphatic carbocycles. The summed E-state index contributed by atoms with van der Waals surface area (Å²) in [6.45, 7) is 5.73. The van der Waals surface area contributed by atoms with Crippen LogP contribution < -0.4 is 0 Å². The lowest BCUT2D eigenvalue weighted by Gasteiger charge is -1.95. The van der Waals surface area contributed by atoms with Crippen LogP contribution in [0.4, 0.5) is 0 Å². The van der Waals surface area contributed by atoms with Crippen molar-refractivity contribution < 1.29 is 4.21 Å². The minimum absolute atomic E-state index is 0.783. The Balaban J connectivity index is 2.11. The molecule has 1 unspecified atom stereocenters. The number of hydrogen-bond donors (Lipinski definition) is 0. The molecule has 0 spiro atoms. The van der Waals surface area contributed by atoms with Crippen molar-refractivity contribution in [1.82, 2.24) is 0 Å². The van der Waals surface area contributed by atoms with E-state index in [1.807, 2.05) is 37.3 Å². The molecule has 0 bridgehead atoms. The molecule has 0 heterocycles. The van der Waals surface area contributed by atoms with E-state index in [0.717, 1.165) is 49.8 Å². The fraction of sp³-hybridized carbons (Fsp3) is 0.429. The second-order valence-electron chi connectivity index (χ2n) is 5.46. The van der Waals surface area contributed by atoms with Gasteiger partial charge in [-0.1, -0.05) is 29.7 Å². The van der Waals surface area contributed by atoms with Gasteiger partial charge in [-0.2, -0.15) is 0 Å². The van der Waals surface area contributed by atoms with Gasteiger partial charge < -0.3 is 0 Å². The van der Waals surface area contributed by atoms with E-state index in [0.29, 0.717) is 0 Å². The molecule has 0 fully saturated rings. The summed E-state index contributed by atoms with van der Waals surface area (Å²) in [7, 11) is -1.20. The molecule has 0 saturated heterocycles. The van der Waals surface area contributed by atoms with Crippen LogP contribution in [0.5, 0.6) is 0 Å². The Morgan fingerprint density at radius 3 is 2.13 bits per heavy atom. The van der Waals surface area contributed by atoms with Gasteiger partial charge in [0.2, 0.25) is 0 Å². The average Bonchev–Trinajstić information content (AvgIpc) is 2.56. The molecule has 0 amide bonds. The smallest absolute Gasteiger partial charge is 0.130 e. The van der Waals surface area contributed by atoms with Gasteiger partial charge in [-0.25, -0.2) is 4.21 Å². The van der Waals surface area contributed by atoms with Crippen molar-refractivity contribution in [2.45, 2.75) is 63.2 Å². The molecule has 122 valence electrons. The third-order valence-electron chi connectivity index (χ3n) is 3.34. The number of allylic oxidation sites excluding steroid dienone is 1. The Hall–Kier alpha value is -1.77. The van der Waals surface area contributed by atoms with E-state index < -0.39 is 10.8 Å². The number of hydrogen-bond acceptors (Lipinski definition) is 1. The van der Waals surface area contributed by atoms with Gasteiger partial charge in [-0.05, 0) is 51.2 Å². The molecule has 0 saturated carbocycles. The van der Waals surface area contributed by atoms with Gasteiger partial charge in [-0.3, -0.25) is 0 Å². The molecule has 0 radical (unpaired) electrons. The lowest BCUT2D eigenvalue weighted by atomic mass is 10.1. The van der Waals surface area contributed by atoms with Crippen LogP contribution in [-0.2, 0) is 10.8 Å². The first-order chi connectivity index (χ1) is 11.2. The Morgan fingerprint density at radius 1 is 0.957 bits per heavy atom. The Morgan fingerprint density at radius 2 is 1.52 bits per heavy atom. The number of aryl methyl sites for hydroxylation is 1. The van der Waals surface area contributed by atoms with Crippen molar-refractivity contribution >= 4 is 10.8 Å². The van der Waals surface area contributed by atoms with Crippen molar-refractivity contribution in [3.05, 3.63) is 42.5 Å². The second-order valence-corrected chi connectivity index (χ2v) is 6.67. The minimum atomic E-state index is -1.20. The van der Waals surface area contributed by atoms with E-state index in [1.165, 1.54) is 12.0 Å². The second kappa shape index (κ2) is 12.7. The standard InChI is InChI=1S/C21H26OS/c1-3-4-5-6-7-8-9-10-11-12-13-14-19-23(22)21-17-15-20(2)16-18-21/h3,15-18H,1,4-7,10-13H2,2H3. The zero-order valence-electron chi connectivity index (χ0n) is 14.1. The molecular formula is C21H26OS. The topological polar surface area (TPSA) is 17.1 Å². The lowest BCUT2D eigenvalue weighted by molar-refractivity contribution is 0.689. The summed E-state index contributed by atoms with van der Waals surface area (Å²) in [5.41, 5.74) is 1.17. The molecular weight excluding hydrogens is 300 g/mol. The molecule has 1 nitrogen and oxygen atoms in total. The van der Waals surface area contributed by atoms with Gasteiger partial charge in [0.25, 0.3) is 0 Å². The first-order valence-corrected chi connectivity index (χ1v) is 9.42. The highest BCUT2D eigenvalue weighted by Gasteiger charge is 1.98. The van der Waals surface area contributed by atoms with E-state index >= 15 is 0 Å². The van der Waals surface area contributed by atoms with Crippen LogP contribution >= 0.6 is 0 Å². The average molecular weight is 327 g/mol. The molecule has 23 heavy (non-hydrogen) atoms. The molecule has 0 aliphatic rings. The maximum Gasteiger partial charge on any atom is 0.130 e. The molecule has 1 aromatic rings. The number of unbranched alkanes of at least 4 members (excludes halogenated alkanes) is 6. The van der Waals surface area contributed by atoms with Crippen LogP contribution in [0.2, 0.25) is 0 Å². The van der Waals surface area contributed by atoms with E-state index in [1.54, 1.807) is 0 Å². The van der Waals surface area contributed by atoms with Crippen molar-refractivity contribution in [3.63, 3.8) is 0 Å². The maximum absolute atomic E-state index is 11.9. The van der Waals surface area contributed by atoms with E-state index in [2.05, 4.69) is 29.6 Å². The van der Waals surface area contributed by atoms with Crippen molar-refractivity contribution in [2.75, 3.05) is 0 Å². The van der Waals surface area contributed by atoms with Crippen LogP contribution in [0.1, 0.15) is 56.9 Å². The van der Waals surface area contributed by atoms with Crippen LogP contribution in [0.3, 0.4) is 0 Å². The highest BCUT2D eigenvalue weighted by molar-refractivity contribution is 7.89. The fourth-order valence-electron chi connectivity index (χ4n) is 1.94. The van der Waals surface area contributed by atoms with Gasteiger partial charge in [0.1, 0.15) is 10.8 Å². The van der Waals surface area contributed by atoms with Crippen molar-refractivity contribution in [3.8, 4) is 23.0 Å². The molecule has 1 aromatic carbocycles. The monoisotopic (exact) mass is 326 g/mol. The summed E-state index contributed by atoms with van der Waals surface area (Å²) in [5, 5.41) is 2.83. The normalized spacial score (nSPS) is 10.8. The molecule has 0 N–H and O–H groups in total. The zero-order valence-corrected chi connectivity index (χ0v) is 14.9. The van der Waals surface area contributed by atoms with Crippen molar-refractivity contribution in [2.24, 2.45) is 0 Å². The largest absolute Gasteiger partial charge is 0.240 e. The number of benzene rings is 1. The molecule has 0 aliphatic heterocycles. The maximum atomic E-state index is 11.9. The quantitative estimate of drug-likeness (QED) is 0.356. The van der Waals surface area contributed by atoms with Crippen LogP contribution in [-0.4, -0.2) is 4.21 Å². The van der Waals surface area contributed by atoms with Crippen LogP contribution in [0.15, 0.2) is 41.8 Å². The SMILES string of the molecule is C=CCCCCC#CCCCCC#CS(=O)c1ccc(C)cc1. The molecule has 2 heteroatoms. The van der Waals surface area contributed by atoms with Crippen LogP contribution in [0.25, 0.3) is 0 Å². The fourth-order valence-corrected chi connectivity index (χ4v) is 2.68. The first-order valence-electron chi connectivity index (χ1n) is 8.27. The summed E-state index contributed by atoms with van der Waals surface area (Å²) in [4.78, 5) is 0.783. The van der Waals surface area contributed by atoms with Gasteiger partial charge >= 0.3 is 0 Å². The Kier molecular flexibility index (Phi) is 10.7. The summed E-state index contributed by atoms with van der Waals surface area (Å²) in [6, 6.07) is 7.69. The molecule has 1 rings (SSSR count). The molecule has 0 aromatic heterocycles. The summed E-state index contributed by atoms with van der Waals surface area (Å²) in [5.74, 6) is 9.44. The third-order valence-corrected chi connectivity index (χ3v) is 4.37. The van der Waals surface area contributed by atoms with Crippen molar-refractivity contribution in [1.29, 1.82) is 0 Å².